The number of carboxylic acid groups (broad SMARTS) is 2. The number of carbonyl (C=O) groups is 2. The van der Waals surface area contributed by atoms with Gasteiger partial charge in [0.25, 0.3) is 0 Å². The molecule has 0 aliphatic rings. The summed E-state index contributed by atoms with van der Waals surface area (Å²) in [5, 5.41) is 17.8. The molecule has 0 unspecified atom stereocenters. The summed E-state index contributed by atoms with van der Waals surface area (Å²) < 4.78 is 8.88. The SMILES string of the molecule is CC(=O)[O-].CC(=O)[O-].O=P(O)(O)O.[Mn+2]. The topological polar surface area (TPSA) is 158 Å². The Morgan fingerprint density at radius 1 is 1.00 bits per heavy atom. The second-order valence-electron chi connectivity index (χ2n) is 1.50. The fourth-order valence-electron chi connectivity index (χ4n) is 0. The molecule has 0 aliphatic carbocycles. The first kappa shape index (κ1) is 23.4. The van der Waals surface area contributed by atoms with E-state index in [0.717, 1.165) is 13.8 Å². The Bertz CT molecular complexity index is 169. The van der Waals surface area contributed by atoms with E-state index in [9.17, 15) is 0 Å². The molecule has 0 aromatic rings. The van der Waals surface area contributed by atoms with Gasteiger partial charge in [0.15, 0.2) is 0 Å². The van der Waals surface area contributed by atoms with E-state index >= 15 is 0 Å². The van der Waals surface area contributed by atoms with Crippen molar-refractivity contribution >= 4 is 19.8 Å². The summed E-state index contributed by atoms with van der Waals surface area (Å²) in [6.07, 6.45) is 0. The number of aliphatic carboxylic acids is 2. The second-order valence-corrected chi connectivity index (χ2v) is 2.52. The summed E-state index contributed by atoms with van der Waals surface area (Å²) >= 11 is 0. The first-order valence-corrected chi connectivity index (χ1v) is 4.16. The van der Waals surface area contributed by atoms with Gasteiger partial charge in [-0.25, -0.2) is 4.57 Å². The van der Waals surface area contributed by atoms with Crippen molar-refractivity contribution in [1.82, 2.24) is 0 Å². The van der Waals surface area contributed by atoms with Crippen molar-refractivity contribution in [3.05, 3.63) is 0 Å². The van der Waals surface area contributed by atoms with Crippen molar-refractivity contribution in [3.8, 4) is 0 Å². The largest absolute Gasteiger partial charge is 2.00 e. The summed E-state index contributed by atoms with van der Waals surface area (Å²) in [4.78, 5) is 39.3. The number of hydrogen-bond donors (Lipinski definition) is 3. The predicted octanol–water partition coefficient (Wildman–Crippen LogP) is -3.42. The Hall–Kier alpha value is -0.431. The van der Waals surface area contributed by atoms with Crippen LogP contribution in [0.5, 0.6) is 0 Å². The van der Waals surface area contributed by atoms with Gasteiger partial charge in [0.2, 0.25) is 0 Å². The van der Waals surface area contributed by atoms with Gasteiger partial charge in [-0.05, 0) is 13.8 Å². The summed E-state index contributed by atoms with van der Waals surface area (Å²) in [6, 6.07) is 0. The molecule has 0 saturated heterocycles. The van der Waals surface area contributed by atoms with E-state index in [1.165, 1.54) is 0 Å². The van der Waals surface area contributed by atoms with Crippen molar-refractivity contribution < 1.29 is 56.1 Å². The molecule has 0 aromatic carbocycles. The van der Waals surface area contributed by atoms with Crippen LogP contribution in [0.25, 0.3) is 0 Å². The summed E-state index contributed by atoms with van der Waals surface area (Å²) in [7, 11) is -4.64. The van der Waals surface area contributed by atoms with E-state index in [1.54, 1.807) is 0 Å². The molecule has 0 atom stereocenters. The average molecular weight is 271 g/mol. The van der Waals surface area contributed by atoms with Crippen LogP contribution < -0.4 is 10.2 Å². The molecular formula is C4H9MnO8P. The molecule has 0 saturated carbocycles. The number of carbonyl (C=O) groups excluding carboxylic acids is 2. The van der Waals surface area contributed by atoms with Gasteiger partial charge in [0, 0.05) is 11.9 Å². The van der Waals surface area contributed by atoms with Crippen molar-refractivity contribution in [2.24, 2.45) is 0 Å². The average Bonchev–Trinajstić information content (AvgIpc) is 1.50. The molecule has 85 valence electrons. The Balaban J connectivity index is -0.0000000522. The van der Waals surface area contributed by atoms with E-state index in [4.69, 9.17) is 39.0 Å². The van der Waals surface area contributed by atoms with Crippen molar-refractivity contribution in [3.63, 3.8) is 0 Å². The molecule has 0 bridgehead atoms. The normalized spacial score (nSPS) is 7.79. The molecule has 10 heteroatoms. The maximum atomic E-state index is 8.89. The third kappa shape index (κ3) is 6970. The minimum Gasteiger partial charge on any atom is -0.550 e. The van der Waals surface area contributed by atoms with Crippen molar-refractivity contribution in [1.29, 1.82) is 0 Å². The zero-order valence-electron chi connectivity index (χ0n) is 7.21. The van der Waals surface area contributed by atoms with E-state index < -0.39 is 19.8 Å². The Kier molecular flexibility index (Phi) is 21.0. The minimum absolute atomic E-state index is 0. The Morgan fingerprint density at radius 3 is 1.00 bits per heavy atom. The third-order valence-electron chi connectivity index (χ3n) is 0. The van der Waals surface area contributed by atoms with E-state index in [2.05, 4.69) is 0 Å². The molecule has 0 fully saturated rings. The third-order valence-corrected chi connectivity index (χ3v) is 0. The number of carboxylic acids is 2. The van der Waals surface area contributed by atoms with Crippen LogP contribution in [0.2, 0.25) is 0 Å². The van der Waals surface area contributed by atoms with Crippen molar-refractivity contribution in [2.45, 2.75) is 13.8 Å². The smallest absolute Gasteiger partial charge is 0.550 e. The van der Waals surface area contributed by atoms with Crippen LogP contribution in [0, 0.1) is 0 Å². The first-order valence-electron chi connectivity index (χ1n) is 2.60. The van der Waals surface area contributed by atoms with Gasteiger partial charge < -0.3 is 34.5 Å². The van der Waals surface area contributed by atoms with Gasteiger partial charge in [-0.15, -0.1) is 0 Å². The van der Waals surface area contributed by atoms with Gasteiger partial charge in [-0.2, -0.15) is 0 Å². The minimum atomic E-state index is -4.64. The molecule has 0 heterocycles. The quantitative estimate of drug-likeness (QED) is 0.303. The zero-order chi connectivity index (χ0) is 11.7. The van der Waals surface area contributed by atoms with Crippen LogP contribution in [-0.4, -0.2) is 26.6 Å². The zero-order valence-corrected chi connectivity index (χ0v) is 9.28. The van der Waals surface area contributed by atoms with Crippen LogP contribution in [0.15, 0.2) is 0 Å². The summed E-state index contributed by atoms with van der Waals surface area (Å²) in [5.74, 6) is -2.17. The van der Waals surface area contributed by atoms with Gasteiger partial charge in [-0.3, -0.25) is 0 Å². The Labute approximate surface area is 90.3 Å². The molecule has 8 nitrogen and oxygen atoms in total. The van der Waals surface area contributed by atoms with E-state index in [1.807, 2.05) is 0 Å². The van der Waals surface area contributed by atoms with Crippen LogP contribution in [0.1, 0.15) is 13.8 Å². The molecule has 3 N–H and O–H groups in total. The predicted molar refractivity (Wildman–Crippen MR) is 35.6 cm³/mol. The second kappa shape index (κ2) is 12.6. The maximum Gasteiger partial charge on any atom is 2.00 e. The van der Waals surface area contributed by atoms with Crippen LogP contribution in [-0.2, 0) is 31.2 Å². The number of rotatable bonds is 0. The van der Waals surface area contributed by atoms with E-state index in [-0.39, 0.29) is 17.1 Å². The molecule has 14 heavy (non-hydrogen) atoms. The van der Waals surface area contributed by atoms with Crippen LogP contribution in [0.3, 0.4) is 0 Å². The molecule has 0 rings (SSSR count). The fraction of sp³-hybridized carbons (Fsp3) is 0.500. The molecule has 1 radical (unpaired) electrons. The van der Waals surface area contributed by atoms with E-state index in [0.29, 0.717) is 0 Å². The van der Waals surface area contributed by atoms with Gasteiger partial charge in [0.1, 0.15) is 0 Å². The molecular weight excluding hydrogens is 262 g/mol. The molecule has 0 aliphatic heterocycles. The monoisotopic (exact) mass is 271 g/mol. The summed E-state index contributed by atoms with van der Waals surface area (Å²) in [6.45, 7) is 1.94. The fourth-order valence-corrected chi connectivity index (χ4v) is 0. The number of hydrogen-bond acceptors (Lipinski definition) is 5. The summed E-state index contributed by atoms with van der Waals surface area (Å²) in [5.41, 5.74) is 0. The standard InChI is InChI=1S/2C2H4O2.Mn.H3O4P/c2*1-2(3)4;;1-5(2,3)4/h2*1H3,(H,3,4);;(H3,1,2,3,4)/q;;+2;/p-2. The number of phosphoric acid groups is 1. The molecule has 0 amide bonds. The molecule has 0 spiro atoms. The maximum absolute atomic E-state index is 8.89. The van der Waals surface area contributed by atoms with Gasteiger partial charge in [0.05, 0.1) is 0 Å². The van der Waals surface area contributed by atoms with Crippen LogP contribution >= 0.6 is 7.82 Å². The molecule has 0 aromatic heterocycles. The van der Waals surface area contributed by atoms with Gasteiger partial charge >= 0.3 is 24.9 Å². The van der Waals surface area contributed by atoms with Crippen LogP contribution in [0.4, 0.5) is 0 Å². The first-order chi connectivity index (χ1) is 5.46. The Morgan fingerprint density at radius 2 is 1.00 bits per heavy atom. The van der Waals surface area contributed by atoms with Gasteiger partial charge in [-0.1, -0.05) is 0 Å². The van der Waals surface area contributed by atoms with Crippen molar-refractivity contribution in [2.75, 3.05) is 0 Å².